The van der Waals surface area contributed by atoms with E-state index in [0.717, 1.165) is 11.1 Å². The number of nitrogens with zero attached hydrogens (tertiary/aromatic N) is 1. The molecule has 2 amide bonds. The van der Waals surface area contributed by atoms with Crippen molar-refractivity contribution < 1.29 is 23.5 Å². The molecule has 0 aliphatic rings. The first kappa shape index (κ1) is 30.7. The fourth-order valence-electron chi connectivity index (χ4n) is 4.46. The normalized spacial score (nSPS) is 11.9. The molecule has 0 fully saturated rings. The van der Waals surface area contributed by atoms with Gasteiger partial charge in [0.1, 0.15) is 11.9 Å². The smallest absolute Gasteiger partial charge is 0.243 e. The predicted molar refractivity (Wildman–Crippen MR) is 156 cm³/mol. The van der Waals surface area contributed by atoms with Gasteiger partial charge in [-0.1, -0.05) is 54.6 Å². The Hall–Kier alpha value is -3.87. The fraction of sp³-hybridized carbons (Fsp3) is 0.394. The highest BCUT2D eigenvalue weighted by molar-refractivity contribution is 5.88. The van der Waals surface area contributed by atoms with E-state index in [1.54, 1.807) is 18.2 Å². The topological polar surface area (TPSA) is 67.9 Å². The first-order chi connectivity index (χ1) is 19.1. The second kappa shape index (κ2) is 14.5. The minimum absolute atomic E-state index is 0.0198. The van der Waals surface area contributed by atoms with E-state index in [4.69, 9.17) is 9.47 Å². The number of carbonyl (C=O) groups is 2. The lowest BCUT2D eigenvalue weighted by atomic mass is 9.99. The van der Waals surface area contributed by atoms with Crippen LogP contribution >= 0.6 is 0 Å². The minimum Gasteiger partial charge on any atom is -0.490 e. The first-order valence-corrected chi connectivity index (χ1v) is 13.9. The molecule has 6 nitrogen and oxygen atoms in total. The molecule has 0 spiro atoms. The van der Waals surface area contributed by atoms with E-state index in [9.17, 15) is 14.0 Å². The number of aryl methyl sites for hydroxylation is 1. The van der Waals surface area contributed by atoms with Crippen molar-refractivity contribution in [3.8, 4) is 11.5 Å². The number of hydrogen-bond acceptors (Lipinski definition) is 4. The van der Waals surface area contributed by atoms with Crippen molar-refractivity contribution in [2.24, 2.45) is 0 Å². The molecule has 3 aromatic rings. The SMILES string of the molecule is CCOc1ccc(CCC(=O)N(Cc2ccccc2F)C(Cc2ccccc2)C(=O)NC(C)(C)C)cc1OCC. The summed E-state index contributed by atoms with van der Waals surface area (Å²) >= 11 is 0. The van der Waals surface area contributed by atoms with E-state index in [1.807, 2.05) is 83.1 Å². The first-order valence-electron chi connectivity index (χ1n) is 13.9. The molecule has 0 aromatic heterocycles. The van der Waals surface area contributed by atoms with Gasteiger partial charge in [-0.3, -0.25) is 9.59 Å². The standard InChI is InChI=1S/C33H41FN2O4/c1-6-39-29-19-17-25(22-30(29)40-7-2)18-20-31(37)36(23-26-15-11-12-16-27(26)34)28(32(38)35-33(3,4)5)21-24-13-9-8-10-14-24/h8-17,19,22,28H,6-7,18,20-21,23H2,1-5H3,(H,35,38). The van der Waals surface area contributed by atoms with Crippen molar-refractivity contribution in [3.05, 3.63) is 95.3 Å². The monoisotopic (exact) mass is 548 g/mol. The lowest BCUT2D eigenvalue weighted by Crippen LogP contribution is -2.54. The van der Waals surface area contributed by atoms with E-state index >= 15 is 0 Å². The highest BCUT2D eigenvalue weighted by Crippen LogP contribution is 2.29. The molecule has 0 aliphatic heterocycles. The Morgan fingerprint density at radius 2 is 1.52 bits per heavy atom. The Morgan fingerprint density at radius 3 is 2.17 bits per heavy atom. The molecule has 1 unspecified atom stereocenters. The molecule has 0 radical (unpaired) electrons. The van der Waals surface area contributed by atoms with Crippen molar-refractivity contribution >= 4 is 11.8 Å². The van der Waals surface area contributed by atoms with Crippen LogP contribution in [0.4, 0.5) is 4.39 Å². The second-order valence-corrected chi connectivity index (χ2v) is 10.7. The van der Waals surface area contributed by atoms with Gasteiger partial charge in [-0.2, -0.15) is 0 Å². The molecule has 3 aromatic carbocycles. The number of benzene rings is 3. The lowest BCUT2D eigenvalue weighted by molar-refractivity contribution is -0.142. The molecule has 0 saturated carbocycles. The van der Waals surface area contributed by atoms with Gasteiger partial charge in [0.2, 0.25) is 11.8 Å². The average molecular weight is 549 g/mol. The summed E-state index contributed by atoms with van der Waals surface area (Å²) in [4.78, 5) is 29.0. The largest absolute Gasteiger partial charge is 0.490 e. The third-order valence-electron chi connectivity index (χ3n) is 6.30. The van der Waals surface area contributed by atoms with Crippen LogP contribution in [0.15, 0.2) is 72.8 Å². The Labute approximate surface area is 237 Å². The van der Waals surface area contributed by atoms with Crippen LogP contribution in [0.25, 0.3) is 0 Å². The highest BCUT2D eigenvalue weighted by Gasteiger charge is 2.32. The third kappa shape index (κ3) is 9.11. The van der Waals surface area contributed by atoms with Gasteiger partial charge in [0.25, 0.3) is 0 Å². The van der Waals surface area contributed by atoms with Crippen molar-refractivity contribution in [2.75, 3.05) is 13.2 Å². The molecular weight excluding hydrogens is 507 g/mol. The van der Waals surface area contributed by atoms with Gasteiger partial charge < -0.3 is 19.7 Å². The van der Waals surface area contributed by atoms with E-state index in [0.29, 0.717) is 43.1 Å². The zero-order valence-corrected chi connectivity index (χ0v) is 24.2. The molecule has 1 atom stereocenters. The molecule has 0 saturated heterocycles. The molecule has 3 rings (SSSR count). The van der Waals surface area contributed by atoms with Crippen LogP contribution in [0.2, 0.25) is 0 Å². The summed E-state index contributed by atoms with van der Waals surface area (Å²) in [6.07, 6.45) is 0.876. The van der Waals surface area contributed by atoms with Crippen molar-refractivity contribution in [1.29, 1.82) is 0 Å². The van der Waals surface area contributed by atoms with Gasteiger partial charge in [-0.25, -0.2) is 4.39 Å². The van der Waals surface area contributed by atoms with Gasteiger partial charge in [0.05, 0.1) is 13.2 Å². The van der Waals surface area contributed by atoms with Crippen LogP contribution < -0.4 is 14.8 Å². The van der Waals surface area contributed by atoms with E-state index in [2.05, 4.69) is 5.32 Å². The molecule has 40 heavy (non-hydrogen) atoms. The maximum Gasteiger partial charge on any atom is 0.243 e. The van der Waals surface area contributed by atoms with Crippen LogP contribution in [0, 0.1) is 5.82 Å². The predicted octanol–water partition coefficient (Wildman–Crippen LogP) is 6.11. The van der Waals surface area contributed by atoms with Crippen LogP contribution in [0.1, 0.15) is 57.7 Å². The van der Waals surface area contributed by atoms with Gasteiger partial charge in [-0.15, -0.1) is 0 Å². The second-order valence-electron chi connectivity index (χ2n) is 10.7. The van der Waals surface area contributed by atoms with Gasteiger partial charge in [0, 0.05) is 30.5 Å². The summed E-state index contributed by atoms with van der Waals surface area (Å²) in [6.45, 7) is 10.5. The Morgan fingerprint density at radius 1 is 0.875 bits per heavy atom. The fourth-order valence-corrected chi connectivity index (χ4v) is 4.46. The van der Waals surface area contributed by atoms with Gasteiger partial charge >= 0.3 is 0 Å². The van der Waals surface area contributed by atoms with E-state index < -0.39 is 17.4 Å². The molecule has 0 heterocycles. The van der Waals surface area contributed by atoms with Crippen LogP contribution in [-0.4, -0.2) is 41.5 Å². The number of halogens is 1. The Kier molecular flexibility index (Phi) is 11.1. The van der Waals surface area contributed by atoms with Crippen molar-refractivity contribution in [2.45, 2.75) is 72.0 Å². The number of carbonyl (C=O) groups excluding carboxylic acids is 2. The quantitative estimate of drug-likeness (QED) is 0.280. The summed E-state index contributed by atoms with van der Waals surface area (Å²) in [5, 5.41) is 3.03. The van der Waals surface area contributed by atoms with Gasteiger partial charge in [0.15, 0.2) is 11.5 Å². The Bertz CT molecular complexity index is 1260. The van der Waals surface area contributed by atoms with Crippen molar-refractivity contribution in [3.63, 3.8) is 0 Å². The third-order valence-corrected chi connectivity index (χ3v) is 6.30. The number of ether oxygens (including phenoxy) is 2. The summed E-state index contributed by atoms with van der Waals surface area (Å²) in [6, 6.07) is 20.8. The highest BCUT2D eigenvalue weighted by atomic mass is 19.1. The van der Waals surface area contributed by atoms with Crippen molar-refractivity contribution in [1.82, 2.24) is 10.2 Å². The van der Waals surface area contributed by atoms with Crippen LogP contribution in [0.3, 0.4) is 0 Å². The molecule has 1 N–H and O–H groups in total. The minimum atomic E-state index is -0.826. The number of rotatable bonds is 13. The summed E-state index contributed by atoms with van der Waals surface area (Å²) in [7, 11) is 0. The summed E-state index contributed by atoms with van der Waals surface area (Å²) < 4.78 is 26.2. The zero-order chi connectivity index (χ0) is 29.1. The zero-order valence-electron chi connectivity index (χ0n) is 24.2. The maximum absolute atomic E-state index is 14.8. The summed E-state index contributed by atoms with van der Waals surface area (Å²) in [5.41, 5.74) is 1.68. The lowest BCUT2D eigenvalue weighted by Gasteiger charge is -2.34. The summed E-state index contributed by atoms with van der Waals surface area (Å²) in [5.74, 6) is 0.357. The maximum atomic E-state index is 14.8. The molecule has 0 bridgehead atoms. The number of hydrogen-bond donors (Lipinski definition) is 1. The molecular formula is C33H41FN2O4. The Balaban J connectivity index is 1.93. The van der Waals surface area contributed by atoms with Crippen LogP contribution in [0.5, 0.6) is 11.5 Å². The molecule has 214 valence electrons. The van der Waals surface area contributed by atoms with Gasteiger partial charge in [-0.05, 0) is 70.4 Å². The van der Waals surface area contributed by atoms with Crippen LogP contribution in [-0.2, 0) is 29.0 Å². The number of nitrogens with one attached hydrogen (secondary N) is 1. The van der Waals surface area contributed by atoms with E-state index in [-0.39, 0.29) is 24.8 Å². The average Bonchev–Trinajstić information content (AvgIpc) is 2.91. The molecule has 0 aliphatic carbocycles. The van der Waals surface area contributed by atoms with E-state index in [1.165, 1.54) is 11.0 Å². The number of amides is 2. The molecule has 7 heteroatoms.